The molecule has 6 heteroatoms. The molecule has 0 unspecified atom stereocenters. The quantitative estimate of drug-likeness (QED) is 0.649. The number of nitrogens with zero attached hydrogens (tertiary/aromatic N) is 2. The van der Waals surface area contributed by atoms with Crippen LogP contribution in [0, 0.1) is 0 Å². The van der Waals surface area contributed by atoms with E-state index in [4.69, 9.17) is 23.2 Å². The molecule has 0 aliphatic heterocycles. The molecule has 1 heterocycles. The van der Waals surface area contributed by atoms with E-state index >= 15 is 0 Å². The average molecular weight is 386 g/mol. The van der Waals surface area contributed by atoms with Crippen LogP contribution in [-0.2, 0) is 6.54 Å². The van der Waals surface area contributed by atoms with E-state index in [9.17, 15) is 4.79 Å². The van der Waals surface area contributed by atoms with Crippen molar-refractivity contribution in [1.29, 1.82) is 0 Å². The zero-order chi connectivity index (χ0) is 18.5. The number of aromatic nitrogens is 1. The summed E-state index contributed by atoms with van der Waals surface area (Å²) in [5, 5.41) is 3.48. The van der Waals surface area contributed by atoms with E-state index in [0.717, 1.165) is 12.2 Å². The number of nitrogens with one attached hydrogen (secondary N) is 1. The van der Waals surface area contributed by atoms with Crippen LogP contribution < -0.4 is 10.2 Å². The Hall–Kier alpha value is -2.56. The van der Waals surface area contributed by atoms with Crippen LogP contribution in [0.15, 0.2) is 66.9 Å². The Balaban J connectivity index is 1.77. The van der Waals surface area contributed by atoms with Gasteiger partial charge in [-0.25, -0.2) is 0 Å². The summed E-state index contributed by atoms with van der Waals surface area (Å²) in [6, 6.07) is 18.8. The lowest BCUT2D eigenvalue weighted by Crippen LogP contribution is -2.19. The minimum atomic E-state index is -0.366. The van der Waals surface area contributed by atoms with Gasteiger partial charge in [-0.15, -0.1) is 0 Å². The Morgan fingerprint density at radius 1 is 1.04 bits per heavy atom. The number of pyridine rings is 1. The fourth-order valence-electron chi connectivity index (χ4n) is 2.52. The predicted molar refractivity (Wildman–Crippen MR) is 107 cm³/mol. The lowest BCUT2D eigenvalue weighted by Gasteiger charge is -2.20. The predicted octanol–water partition coefficient (Wildman–Crippen LogP) is 5.28. The van der Waals surface area contributed by atoms with Crippen molar-refractivity contribution in [2.45, 2.75) is 6.54 Å². The van der Waals surface area contributed by atoms with Gasteiger partial charge in [-0.05, 0) is 29.8 Å². The van der Waals surface area contributed by atoms with Crippen molar-refractivity contribution in [2.75, 3.05) is 17.3 Å². The first-order valence-corrected chi connectivity index (χ1v) is 8.76. The lowest BCUT2D eigenvalue weighted by atomic mass is 10.2. The SMILES string of the molecule is CN(Cc1ccccc1)c1ccnc(C(=O)Nc2c(Cl)cccc2Cl)c1. The molecule has 2 aromatic carbocycles. The summed E-state index contributed by atoms with van der Waals surface area (Å²) in [6.45, 7) is 0.724. The zero-order valence-electron chi connectivity index (χ0n) is 14.1. The smallest absolute Gasteiger partial charge is 0.274 e. The summed E-state index contributed by atoms with van der Waals surface area (Å²) < 4.78 is 0. The fourth-order valence-corrected chi connectivity index (χ4v) is 3.02. The molecular weight excluding hydrogens is 369 g/mol. The topological polar surface area (TPSA) is 45.2 Å². The molecule has 0 aliphatic rings. The number of amides is 1. The number of rotatable bonds is 5. The van der Waals surface area contributed by atoms with E-state index < -0.39 is 0 Å². The summed E-state index contributed by atoms with van der Waals surface area (Å²) in [5.74, 6) is -0.366. The standard InChI is InChI=1S/C20H17Cl2N3O/c1-25(13-14-6-3-2-4-7-14)15-10-11-23-18(12-15)20(26)24-19-16(21)8-5-9-17(19)22/h2-12H,13H2,1H3,(H,24,26). The number of carbonyl (C=O) groups excluding carboxylic acids is 1. The lowest BCUT2D eigenvalue weighted by molar-refractivity contribution is 0.102. The van der Waals surface area contributed by atoms with Crippen LogP contribution in [0.3, 0.4) is 0 Å². The molecule has 1 amide bonds. The van der Waals surface area contributed by atoms with Crippen LogP contribution in [0.4, 0.5) is 11.4 Å². The van der Waals surface area contributed by atoms with Gasteiger partial charge in [0.05, 0.1) is 15.7 Å². The Morgan fingerprint density at radius 3 is 2.42 bits per heavy atom. The van der Waals surface area contributed by atoms with Gasteiger partial charge in [0, 0.05) is 25.5 Å². The number of para-hydroxylation sites is 1. The minimum absolute atomic E-state index is 0.290. The van der Waals surface area contributed by atoms with Gasteiger partial charge < -0.3 is 10.2 Å². The van der Waals surface area contributed by atoms with E-state index in [0.29, 0.717) is 21.4 Å². The first-order chi connectivity index (χ1) is 12.5. The van der Waals surface area contributed by atoms with Crippen molar-refractivity contribution < 1.29 is 4.79 Å². The second kappa shape index (κ2) is 8.21. The second-order valence-corrected chi connectivity index (χ2v) is 6.61. The molecule has 1 aromatic heterocycles. The van der Waals surface area contributed by atoms with Gasteiger partial charge in [0.15, 0.2) is 0 Å². The third-order valence-corrected chi connectivity index (χ3v) is 4.51. The number of hydrogen-bond acceptors (Lipinski definition) is 3. The van der Waals surface area contributed by atoms with Crippen LogP contribution in [0.5, 0.6) is 0 Å². The van der Waals surface area contributed by atoms with Crippen molar-refractivity contribution in [2.24, 2.45) is 0 Å². The Labute approximate surface area is 162 Å². The van der Waals surface area contributed by atoms with E-state index in [1.807, 2.05) is 31.3 Å². The highest BCUT2D eigenvalue weighted by Gasteiger charge is 2.14. The summed E-state index contributed by atoms with van der Waals surface area (Å²) in [4.78, 5) is 18.8. The molecule has 132 valence electrons. The monoisotopic (exact) mass is 385 g/mol. The minimum Gasteiger partial charge on any atom is -0.370 e. The molecule has 1 N–H and O–H groups in total. The summed E-state index contributed by atoms with van der Waals surface area (Å²) in [6.07, 6.45) is 1.61. The molecule has 3 aromatic rings. The highest BCUT2D eigenvalue weighted by Crippen LogP contribution is 2.30. The first-order valence-electron chi connectivity index (χ1n) is 8.01. The van der Waals surface area contributed by atoms with Crippen molar-refractivity contribution in [3.8, 4) is 0 Å². The number of halogens is 2. The van der Waals surface area contributed by atoms with Crippen LogP contribution in [0.1, 0.15) is 16.1 Å². The summed E-state index contributed by atoms with van der Waals surface area (Å²) in [5.41, 5.74) is 2.74. The van der Waals surface area contributed by atoms with Crippen LogP contribution in [0.2, 0.25) is 10.0 Å². The van der Waals surface area contributed by atoms with E-state index in [2.05, 4.69) is 27.3 Å². The molecular formula is C20H17Cl2N3O. The molecule has 0 bridgehead atoms. The molecule has 0 fully saturated rings. The van der Waals surface area contributed by atoms with Crippen molar-refractivity contribution in [3.63, 3.8) is 0 Å². The Morgan fingerprint density at radius 2 is 1.73 bits per heavy atom. The maximum atomic E-state index is 12.5. The van der Waals surface area contributed by atoms with Gasteiger partial charge in [-0.1, -0.05) is 59.6 Å². The molecule has 0 radical (unpaired) electrons. The zero-order valence-corrected chi connectivity index (χ0v) is 15.6. The second-order valence-electron chi connectivity index (χ2n) is 5.79. The van der Waals surface area contributed by atoms with E-state index in [-0.39, 0.29) is 5.91 Å². The average Bonchev–Trinajstić information content (AvgIpc) is 2.65. The van der Waals surface area contributed by atoms with E-state index in [1.54, 1.807) is 30.5 Å². The molecule has 0 aliphatic carbocycles. The maximum Gasteiger partial charge on any atom is 0.274 e. The number of anilines is 2. The van der Waals surface area contributed by atoms with E-state index in [1.165, 1.54) is 5.56 Å². The van der Waals surface area contributed by atoms with Gasteiger partial charge in [0.1, 0.15) is 5.69 Å². The first kappa shape index (κ1) is 18.2. The fraction of sp³-hybridized carbons (Fsp3) is 0.100. The molecule has 0 atom stereocenters. The highest BCUT2D eigenvalue weighted by atomic mass is 35.5. The molecule has 0 spiro atoms. The summed E-state index contributed by atoms with van der Waals surface area (Å²) in [7, 11) is 1.97. The van der Waals surface area contributed by atoms with Crippen LogP contribution in [-0.4, -0.2) is 17.9 Å². The normalized spacial score (nSPS) is 10.4. The largest absolute Gasteiger partial charge is 0.370 e. The number of benzene rings is 2. The molecule has 3 rings (SSSR count). The third-order valence-electron chi connectivity index (χ3n) is 3.88. The molecule has 0 saturated heterocycles. The Kier molecular flexibility index (Phi) is 5.76. The van der Waals surface area contributed by atoms with Gasteiger partial charge in [-0.2, -0.15) is 0 Å². The molecule has 26 heavy (non-hydrogen) atoms. The Bertz CT molecular complexity index is 896. The van der Waals surface area contributed by atoms with Gasteiger partial charge in [-0.3, -0.25) is 9.78 Å². The summed E-state index contributed by atoms with van der Waals surface area (Å²) >= 11 is 12.2. The van der Waals surface area contributed by atoms with Crippen LogP contribution in [0.25, 0.3) is 0 Å². The van der Waals surface area contributed by atoms with Gasteiger partial charge in [0.2, 0.25) is 0 Å². The van der Waals surface area contributed by atoms with Gasteiger partial charge >= 0.3 is 0 Å². The number of hydrogen-bond donors (Lipinski definition) is 1. The highest BCUT2D eigenvalue weighted by molar-refractivity contribution is 6.40. The maximum absolute atomic E-state index is 12.5. The van der Waals surface area contributed by atoms with Gasteiger partial charge in [0.25, 0.3) is 5.91 Å². The van der Waals surface area contributed by atoms with Crippen molar-refractivity contribution in [1.82, 2.24) is 4.98 Å². The van der Waals surface area contributed by atoms with Crippen molar-refractivity contribution >= 4 is 40.5 Å². The molecule has 0 saturated carbocycles. The van der Waals surface area contributed by atoms with Crippen molar-refractivity contribution in [3.05, 3.63) is 88.2 Å². The number of carbonyl (C=O) groups is 1. The van der Waals surface area contributed by atoms with Crippen LogP contribution >= 0.6 is 23.2 Å². The molecule has 4 nitrogen and oxygen atoms in total. The third kappa shape index (κ3) is 4.34.